The average Bonchev–Trinajstić information content (AvgIpc) is 3.37. The Kier molecular flexibility index (Phi) is 12.5. The fraction of sp³-hybridized carbons (Fsp3) is 0.364. The van der Waals surface area contributed by atoms with E-state index >= 15 is 0 Å². The molecule has 0 bridgehead atoms. The number of aliphatic imine (C=N–C) groups is 2. The molecule has 0 saturated heterocycles. The van der Waals surface area contributed by atoms with Crippen molar-refractivity contribution < 1.29 is 26.2 Å². The van der Waals surface area contributed by atoms with Gasteiger partial charge in [0.25, 0.3) is 0 Å². The van der Waals surface area contributed by atoms with Gasteiger partial charge in [0.05, 0.1) is 0 Å². The molecule has 2 aromatic carbocycles. The molecule has 0 aliphatic carbocycles. The Morgan fingerprint density at radius 3 is 1.36 bits per heavy atom. The van der Waals surface area contributed by atoms with Crippen LogP contribution in [-0.2, 0) is 26.2 Å². The molecule has 33 heavy (non-hydrogen) atoms. The topological polar surface area (TPSA) is 49.7 Å². The number of aryl methyl sites for hydroxylation is 2. The summed E-state index contributed by atoms with van der Waals surface area (Å²) in [5.74, 6) is 1.78. The van der Waals surface area contributed by atoms with Crippen LogP contribution in [0.5, 0.6) is 0 Å². The van der Waals surface area contributed by atoms with E-state index in [0.717, 1.165) is 11.1 Å². The number of hydrogen-bond donors (Lipinski definition) is 0. The minimum absolute atomic E-state index is 0.0695. The normalized spacial score (nSPS) is 20.0. The number of hydrogen-bond acceptors (Lipinski definition) is 6. The first-order valence-electron chi connectivity index (χ1n) is 9.86. The van der Waals surface area contributed by atoms with Crippen LogP contribution in [0.2, 0.25) is 0 Å². The summed E-state index contributed by atoms with van der Waals surface area (Å²) in [5.41, 5.74) is 4.72. The molecule has 0 amide bonds. The van der Waals surface area contributed by atoms with Gasteiger partial charge in [0, 0.05) is 14.1 Å². The van der Waals surface area contributed by atoms with Crippen LogP contribution in [0, 0.1) is 13.8 Å². The molecule has 6 nitrogen and oxygen atoms in total. The number of hydroxylamine groups is 4. The predicted molar refractivity (Wildman–Crippen MR) is 134 cm³/mol. The maximum absolute atomic E-state index is 5.68. The zero-order valence-electron chi connectivity index (χ0n) is 18.6. The summed E-state index contributed by atoms with van der Waals surface area (Å²) in [5, 5.41) is 3.44. The molecule has 11 heteroatoms. The number of nitrogens with zero attached hydrogens (tertiary/aromatic N) is 4. The fourth-order valence-electron chi connectivity index (χ4n) is 3.32. The van der Waals surface area contributed by atoms with Gasteiger partial charge in [-0.25, -0.2) is 9.98 Å². The molecule has 2 aliphatic rings. The second-order valence-electron chi connectivity index (χ2n) is 7.09. The molecule has 0 saturated carbocycles. The van der Waals surface area contributed by atoms with Gasteiger partial charge >= 0.3 is 35.3 Å². The molecule has 0 N–H and O–H groups in total. The quantitative estimate of drug-likeness (QED) is 0.345. The van der Waals surface area contributed by atoms with Crippen LogP contribution in [0.3, 0.4) is 0 Å². The third-order valence-corrected chi connectivity index (χ3v) is 5.34. The van der Waals surface area contributed by atoms with Crippen molar-refractivity contribution in [1.29, 1.82) is 0 Å². The first-order chi connectivity index (χ1) is 15.9. The van der Waals surface area contributed by atoms with Crippen molar-refractivity contribution in [2.24, 2.45) is 9.98 Å². The molecule has 0 spiro atoms. The minimum atomic E-state index is -0.472. The van der Waals surface area contributed by atoms with Crippen LogP contribution in [0.1, 0.15) is 34.6 Å². The molecule has 2 aromatic rings. The van der Waals surface area contributed by atoms with Gasteiger partial charge in [-0.1, -0.05) is 48.5 Å². The summed E-state index contributed by atoms with van der Waals surface area (Å²) >= 11 is 10.9. The van der Waals surface area contributed by atoms with Gasteiger partial charge in [-0.05, 0) is 36.1 Å². The van der Waals surface area contributed by atoms with Crippen LogP contribution in [0.15, 0.2) is 58.5 Å². The van der Waals surface area contributed by atoms with Crippen LogP contribution in [-0.4, -0.2) is 47.8 Å². The van der Waals surface area contributed by atoms with Gasteiger partial charge in [-0.2, -0.15) is 0 Å². The fourth-order valence-corrected chi connectivity index (χ4v) is 3.55. The standard InChI is InChI=1S/2C11H13ClN2O.2ClH.Pt/c2*1-8-5-3-4-6-9(8)11-13-10(7-12)15-14(11)2;;;/h2*3-6,11H,7H2,1-2H3;2*1H;/q;;;;+2/p-2. The van der Waals surface area contributed by atoms with E-state index in [1.165, 1.54) is 11.1 Å². The molecule has 0 fully saturated rings. The molecular formula is C22H26Cl4N4O2Pt. The predicted octanol–water partition coefficient (Wildman–Crippen LogP) is 6.39. The van der Waals surface area contributed by atoms with Crippen LogP contribution >= 0.6 is 42.0 Å². The molecule has 4 rings (SSSR count). The first kappa shape index (κ1) is 28.4. The number of alkyl halides is 2. The van der Waals surface area contributed by atoms with E-state index in [9.17, 15) is 0 Å². The summed E-state index contributed by atoms with van der Waals surface area (Å²) in [6.45, 7) is 4.13. The van der Waals surface area contributed by atoms with Crippen molar-refractivity contribution in [3.8, 4) is 0 Å². The van der Waals surface area contributed by atoms with E-state index in [1.54, 1.807) is 10.1 Å². The van der Waals surface area contributed by atoms with Crippen molar-refractivity contribution >= 4 is 53.8 Å². The van der Waals surface area contributed by atoms with Gasteiger partial charge in [-0.3, -0.25) is 0 Å². The number of benzene rings is 2. The zero-order chi connectivity index (χ0) is 24.4. The Balaban J connectivity index is 0.000000209. The second-order valence-corrected chi connectivity index (χ2v) is 10.9. The Morgan fingerprint density at radius 1 is 0.758 bits per heavy atom. The van der Waals surface area contributed by atoms with Gasteiger partial charge < -0.3 is 9.68 Å². The van der Waals surface area contributed by atoms with E-state index in [-0.39, 0.29) is 12.3 Å². The van der Waals surface area contributed by atoms with Gasteiger partial charge in [0.1, 0.15) is 11.8 Å². The molecular weight excluding hydrogens is 689 g/mol. The molecule has 0 radical (unpaired) electrons. The summed E-state index contributed by atoms with van der Waals surface area (Å²) in [6, 6.07) is 16.3. The third kappa shape index (κ3) is 8.10. The van der Waals surface area contributed by atoms with Gasteiger partial charge in [0.15, 0.2) is 12.3 Å². The summed E-state index contributed by atoms with van der Waals surface area (Å²) in [4.78, 5) is 19.6. The third-order valence-electron chi connectivity index (χ3n) is 4.88. The molecule has 0 aromatic heterocycles. The van der Waals surface area contributed by atoms with E-state index < -0.39 is 16.5 Å². The maximum atomic E-state index is 5.68. The van der Waals surface area contributed by atoms with E-state index in [2.05, 4.69) is 48.1 Å². The van der Waals surface area contributed by atoms with Crippen molar-refractivity contribution in [1.82, 2.24) is 10.1 Å². The molecule has 2 heterocycles. The SMILES string of the molecule is Cc1ccccc1C1N=C(CCl)ON1C.Cc1ccccc1C1N=C(CCl)ON1C.[Cl][Pt][Cl]. The van der Waals surface area contributed by atoms with E-state index in [1.807, 2.05) is 38.4 Å². The number of halogens is 4. The Bertz CT molecular complexity index is 888. The van der Waals surface area contributed by atoms with E-state index in [0.29, 0.717) is 23.6 Å². The summed E-state index contributed by atoms with van der Waals surface area (Å²) in [6.07, 6.45) is -0.139. The number of rotatable bonds is 4. The second kappa shape index (κ2) is 14.5. The average molecular weight is 715 g/mol. The zero-order valence-corrected chi connectivity index (χ0v) is 23.9. The summed E-state index contributed by atoms with van der Waals surface area (Å²) < 4.78 is 0. The molecule has 2 atom stereocenters. The molecule has 184 valence electrons. The Hall–Kier alpha value is -0.852. The van der Waals surface area contributed by atoms with Crippen LogP contribution in [0.4, 0.5) is 0 Å². The first-order valence-corrected chi connectivity index (χ1v) is 16.6. The molecule has 2 aliphatic heterocycles. The van der Waals surface area contributed by atoms with Crippen molar-refractivity contribution in [3.63, 3.8) is 0 Å². The monoisotopic (exact) mass is 713 g/mol. The Labute approximate surface area is 221 Å². The van der Waals surface area contributed by atoms with Gasteiger partial charge in [-0.15, -0.1) is 33.3 Å². The van der Waals surface area contributed by atoms with Crippen LogP contribution < -0.4 is 0 Å². The van der Waals surface area contributed by atoms with Crippen molar-refractivity contribution in [2.45, 2.75) is 26.2 Å². The Morgan fingerprint density at radius 2 is 1.09 bits per heavy atom. The van der Waals surface area contributed by atoms with Crippen molar-refractivity contribution in [3.05, 3.63) is 70.8 Å². The van der Waals surface area contributed by atoms with E-state index in [4.69, 9.17) is 51.7 Å². The molecule has 2 unspecified atom stereocenters. The van der Waals surface area contributed by atoms with Crippen LogP contribution in [0.25, 0.3) is 0 Å². The van der Waals surface area contributed by atoms with Crippen molar-refractivity contribution in [2.75, 3.05) is 25.9 Å². The van der Waals surface area contributed by atoms with Gasteiger partial charge in [0.2, 0.25) is 11.8 Å². The summed E-state index contributed by atoms with van der Waals surface area (Å²) in [7, 11) is 13.5.